The Morgan fingerprint density at radius 3 is 2.55 bits per heavy atom. The molecule has 0 aliphatic carbocycles. The van der Waals surface area contributed by atoms with Gasteiger partial charge in [-0.2, -0.15) is 18.2 Å². The first-order chi connectivity index (χ1) is 13.9. The molecule has 0 saturated carbocycles. The Bertz CT molecular complexity index is 877. The summed E-state index contributed by atoms with van der Waals surface area (Å²) < 4.78 is 45.7. The molecule has 10 heteroatoms. The molecule has 1 aromatic heterocycles. The van der Waals surface area contributed by atoms with Gasteiger partial charge in [0.25, 0.3) is 0 Å². The van der Waals surface area contributed by atoms with E-state index in [9.17, 15) is 13.2 Å². The molecule has 29 heavy (non-hydrogen) atoms. The third-order valence-electron chi connectivity index (χ3n) is 4.91. The summed E-state index contributed by atoms with van der Waals surface area (Å²) in [5.41, 5.74) is 1.13. The minimum atomic E-state index is -4.59. The normalized spacial score (nSPS) is 18.6. The van der Waals surface area contributed by atoms with E-state index in [1.807, 2.05) is 24.3 Å². The molecule has 2 N–H and O–H groups in total. The fourth-order valence-electron chi connectivity index (χ4n) is 3.45. The summed E-state index contributed by atoms with van der Waals surface area (Å²) >= 11 is 5.19. The second-order valence-electron chi connectivity index (χ2n) is 7.03. The predicted molar refractivity (Wildman–Crippen MR) is 107 cm³/mol. The topological polar surface area (TPSA) is 62.3 Å². The Kier molecular flexibility index (Phi) is 5.55. The lowest BCUT2D eigenvalue weighted by atomic mass is 10.1. The van der Waals surface area contributed by atoms with Crippen LogP contribution < -0.4 is 15.5 Å². The molecular formula is C19H20F3N5OS. The average molecular weight is 423 g/mol. The Balaban J connectivity index is 1.51. The molecule has 0 spiro atoms. The number of hydrogen-bond donors (Lipinski definition) is 2. The van der Waals surface area contributed by atoms with Crippen LogP contribution in [0, 0.1) is 0 Å². The van der Waals surface area contributed by atoms with Crippen molar-refractivity contribution < 1.29 is 17.9 Å². The number of hydrogen-bond acceptors (Lipinski definition) is 5. The minimum Gasteiger partial charge on any atom is -0.376 e. The van der Waals surface area contributed by atoms with Gasteiger partial charge in [0.15, 0.2) is 10.8 Å². The molecule has 6 nitrogen and oxygen atoms in total. The maximum Gasteiger partial charge on any atom is 0.433 e. The van der Waals surface area contributed by atoms with Crippen LogP contribution in [0.2, 0.25) is 0 Å². The van der Waals surface area contributed by atoms with E-state index in [0.29, 0.717) is 26.2 Å². The zero-order valence-corrected chi connectivity index (χ0v) is 16.3. The molecule has 0 bridgehead atoms. The first-order valence-corrected chi connectivity index (χ1v) is 9.74. The summed E-state index contributed by atoms with van der Waals surface area (Å²) in [6.07, 6.45) is -2.62. The van der Waals surface area contributed by atoms with Crippen molar-refractivity contribution >= 4 is 29.1 Å². The first-order valence-electron chi connectivity index (χ1n) is 9.33. The van der Waals surface area contributed by atoms with E-state index in [-0.39, 0.29) is 23.0 Å². The average Bonchev–Trinajstić information content (AvgIpc) is 3.35. The van der Waals surface area contributed by atoms with Gasteiger partial charge >= 0.3 is 6.18 Å². The van der Waals surface area contributed by atoms with Gasteiger partial charge in [-0.25, -0.2) is 4.98 Å². The van der Waals surface area contributed by atoms with Gasteiger partial charge in [-0.05, 0) is 36.2 Å². The summed E-state index contributed by atoms with van der Waals surface area (Å²) in [6, 6.07) is 8.72. The van der Waals surface area contributed by atoms with Gasteiger partial charge in [0, 0.05) is 32.3 Å². The van der Waals surface area contributed by atoms with Crippen molar-refractivity contribution in [1.29, 1.82) is 0 Å². The van der Waals surface area contributed by atoms with Crippen LogP contribution in [0.25, 0.3) is 0 Å². The van der Waals surface area contributed by atoms with Crippen molar-refractivity contribution in [2.45, 2.75) is 38.2 Å². The number of nitrogens with zero attached hydrogens (tertiary/aromatic N) is 3. The van der Waals surface area contributed by atoms with Crippen molar-refractivity contribution in [3.05, 3.63) is 47.2 Å². The summed E-state index contributed by atoms with van der Waals surface area (Å²) in [7, 11) is 0. The van der Waals surface area contributed by atoms with Crippen LogP contribution in [0.3, 0.4) is 0 Å². The second-order valence-corrected chi connectivity index (χ2v) is 7.44. The third kappa shape index (κ3) is 4.76. The summed E-state index contributed by atoms with van der Waals surface area (Å²) in [6.45, 7) is 2.18. The highest BCUT2D eigenvalue weighted by Crippen LogP contribution is 2.33. The zero-order valence-electron chi connectivity index (χ0n) is 15.5. The lowest BCUT2D eigenvalue weighted by Gasteiger charge is -2.20. The second kappa shape index (κ2) is 8.11. The Labute approximate surface area is 171 Å². The Morgan fingerprint density at radius 2 is 1.93 bits per heavy atom. The summed E-state index contributed by atoms with van der Waals surface area (Å²) in [4.78, 5) is 9.68. The van der Waals surface area contributed by atoms with E-state index in [4.69, 9.17) is 17.0 Å². The van der Waals surface area contributed by atoms with Crippen molar-refractivity contribution in [2.24, 2.45) is 0 Å². The number of alkyl halides is 3. The van der Waals surface area contributed by atoms with E-state index in [0.717, 1.165) is 30.0 Å². The van der Waals surface area contributed by atoms with Gasteiger partial charge < -0.3 is 20.3 Å². The monoisotopic (exact) mass is 423 g/mol. The lowest BCUT2D eigenvalue weighted by Crippen LogP contribution is -2.35. The van der Waals surface area contributed by atoms with Crippen molar-refractivity contribution in [3.63, 3.8) is 0 Å². The van der Waals surface area contributed by atoms with Gasteiger partial charge in [-0.3, -0.25) is 0 Å². The van der Waals surface area contributed by atoms with E-state index in [2.05, 4.69) is 20.6 Å². The number of aromatic nitrogens is 2. The zero-order chi connectivity index (χ0) is 20.4. The summed E-state index contributed by atoms with van der Waals surface area (Å²) in [5, 5.41) is 5.80. The van der Waals surface area contributed by atoms with Crippen LogP contribution in [0.5, 0.6) is 0 Å². The SMILES string of the molecule is FC(F)(F)c1cc(N2Cc3ccccc3C2)nc(NC(=S)NC[C@H]2CCCO2)n1. The van der Waals surface area contributed by atoms with Gasteiger partial charge in [-0.1, -0.05) is 24.3 Å². The molecule has 154 valence electrons. The third-order valence-corrected chi connectivity index (χ3v) is 5.15. The highest BCUT2D eigenvalue weighted by molar-refractivity contribution is 7.80. The van der Waals surface area contributed by atoms with Crippen LogP contribution >= 0.6 is 12.2 Å². The lowest BCUT2D eigenvalue weighted by molar-refractivity contribution is -0.141. The largest absolute Gasteiger partial charge is 0.433 e. The van der Waals surface area contributed by atoms with Crippen LogP contribution in [0.15, 0.2) is 30.3 Å². The molecule has 0 unspecified atom stereocenters. The molecule has 1 atom stereocenters. The Hall–Kier alpha value is -2.46. The van der Waals surface area contributed by atoms with Crippen LogP contribution in [0.4, 0.5) is 24.9 Å². The summed E-state index contributed by atoms with van der Waals surface area (Å²) in [5.74, 6) is 0.0172. The molecule has 4 rings (SSSR count). The smallest absolute Gasteiger partial charge is 0.376 e. The van der Waals surface area contributed by atoms with E-state index in [1.165, 1.54) is 0 Å². The first kappa shape index (κ1) is 19.8. The number of fused-ring (bicyclic) bond motifs is 1. The van der Waals surface area contributed by atoms with Crippen molar-refractivity contribution in [1.82, 2.24) is 15.3 Å². The maximum atomic E-state index is 13.4. The fourth-order valence-corrected chi connectivity index (χ4v) is 3.62. The Morgan fingerprint density at radius 1 is 1.21 bits per heavy atom. The fraction of sp³-hybridized carbons (Fsp3) is 0.421. The molecular weight excluding hydrogens is 403 g/mol. The van der Waals surface area contributed by atoms with Gasteiger partial charge in [0.2, 0.25) is 5.95 Å². The number of benzene rings is 1. The molecule has 2 aromatic rings. The van der Waals surface area contributed by atoms with Crippen LogP contribution in [-0.4, -0.2) is 34.3 Å². The standard InChI is InChI=1S/C19H20F3N5OS/c20-19(21,22)15-8-16(27-10-12-4-1-2-5-13(12)11-27)25-17(24-15)26-18(29)23-9-14-6-3-7-28-14/h1-2,4-5,8,14H,3,6-7,9-11H2,(H2,23,24,25,26,29)/t14-/m1/s1. The molecule has 2 aliphatic rings. The maximum absolute atomic E-state index is 13.4. The number of halogens is 3. The quantitative estimate of drug-likeness (QED) is 0.730. The van der Waals surface area contributed by atoms with Gasteiger partial charge in [0.05, 0.1) is 6.10 Å². The van der Waals surface area contributed by atoms with E-state index < -0.39 is 11.9 Å². The highest BCUT2D eigenvalue weighted by atomic mass is 32.1. The highest BCUT2D eigenvalue weighted by Gasteiger charge is 2.35. The molecule has 0 amide bonds. The number of nitrogens with one attached hydrogen (secondary N) is 2. The minimum absolute atomic E-state index is 0.0517. The molecule has 1 saturated heterocycles. The molecule has 1 fully saturated rings. The number of thiocarbonyl (C=S) groups is 1. The number of ether oxygens (including phenoxy) is 1. The van der Waals surface area contributed by atoms with E-state index >= 15 is 0 Å². The molecule has 0 radical (unpaired) electrons. The van der Waals surface area contributed by atoms with Crippen LogP contribution in [0.1, 0.15) is 29.7 Å². The molecule has 3 heterocycles. The number of anilines is 2. The molecule has 1 aromatic carbocycles. The van der Waals surface area contributed by atoms with E-state index in [1.54, 1.807) is 4.90 Å². The predicted octanol–water partition coefficient (Wildman–Crippen LogP) is 3.48. The molecule has 2 aliphatic heterocycles. The van der Waals surface area contributed by atoms with Gasteiger partial charge in [0.1, 0.15) is 5.82 Å². The van der Waals surface area contributed by atoms with Crippen LogP contribution in [-0.2, 0) is 24.0 Å². The number of rotatable bonds is 4. The van der Waals surface area contributed by atoms with Gasteiger partial charge in [-0.15, -0.1) is 0 Å². The van der Waals surface area contributed by atoms with Crippen molar-refractivity contribution in [3.8, 4) is 0 Å². The van der Waals surface area contributed by atoms with Crippen molar-refractivity contribution in [2.75, 3.05) is 23.4 Å².